The van der Waals surface area contributed by atoms with Crippen molar-refractivity contribution >= 4 is 29.9 Å². The van der Waals surface area contributed by atoms with Gasteiger partial charge >= 0.3 is 0 Å². The van der Waals surface area contributed by atoms with Gasteiger partial charge in [-0.1, -0.05) is 17.7 Å². The molecule has 2 rings (SSSR count). The number of rotatable bonds is 5. The van der Waals surface area contributed by atoms with Gasteiger partial charge in [-0.3, -0.25) is 9.59 Å². The highest BCUT2D eigenvalue weighted by Crippen LogP contribution is 2.32. The van der Waals surface area contributed by atoms with Crippen LogP contribution in [0.4, 0.5) is 5.69 Å². The van der Waals surface area contributed by atoms with Crippen LogP contribution in [0.1, 0.15) is 23.1 Å². The van der Waals surface area contributed by atoms with Gasteiger partial charge in [-0.05, 0) is 38.9 Å². The molecule has 1 unspecified atom stereocenters. The first-order chi connectivity index (χ1) is 10.8. The number of nitrogens with one attached hydrogen (secondary N) is 1. The highest BCUT2D eigenvalue weighted by molar-refractivity contribution is 6.01. The van der Waals surface area contributed by atoms with Crippen molar-refractivity contribution in [3.63, 3.8) is 0 Å². The SMILES string of the molecule is CNCCN(C)C(=O)C1CC(=O)N(c2c(C)cc(C)cc2C)C1.Cl. The molecule has 0 saturated carbocycles. The van der Waals surface area contributed by atoms with Gasteiger partial charge in [-0.15, -0.1) is 12.4 Å². The van der Waals surface area contributed by atoms with E-state index in [0.29, 0.717) is 19.5 Å². The van der Waals surface area contributed by atoms with Crippen LogP contribution in [0.2, 0.25) is 0 Å². The number of aryl methyl sites for hydroxylation is 3. The first kappa shape index (κ1) is 20.5. The van der Waals surface area contributed by atoms with Crippen LogP contribution < -0.4 is 10.2 Å². The number of carbonyl (C=O) groups is 2. The zero-order chi connectivity index (χ0) is 17.1. The molecule has 2 amide bonds. The summed E-state index contributed by atoms with van der Waals surface area (Å²) in [6, 6.07) is 4.17. The molecule has 1 saturated heterocycles. The molecule has 0 radical (unpaired) electrons. The molecule has 0 aromatic heterocycles. The molecular weight excluding hydrogens is 326 g/mol. The van der Waals surface area contributed by atoms with Crippen LogP contribution in [0.3, 0.4) is 0 Å². The summed E-state index contributed by atoms with van der Waals surface area (Å²) in [6.45, 7) is 7.99. The Morgan fingerprint density at radius 3 is 2.42 bits per heavy atom. The van der Waals surface area contributed by atoms with Crippen LogP contribution in [-0.2, 0) is 9.59 Å². The second-order valence-corrected chi connectivity index (χ2v) is 6.52. The van der Waals surface area contributed by atoms with E-state index in [1.165, 1.54) is 5.56 Å². The Hall–Kier alpha value is -1.59. The van der Waals surface area contributed by atoms with Gasteiger partial charge in [0.15, 0.2) is 0 Å². The lowest BCUT2D eigenvalue weighted by molar-refractivity contribution is -0.134. The number of hydrogen-bond acceptors (Lipinski definition) is 3. The van der Waals surface area contributed by atoms with Crippen LogP contribution in [0.25, 0.3) is 0 Å². The molecule has 5 nitrogen and oxygen atoms in total. The first-order valence-electron chi connectivity index (χ1n) is 8.13. The predicted octanol–water partition coefficient (Wildman–Crippen LogP) is 2.06. The van der Waals surface area contributed by atoms with E-state index in [-0.39, 0.29) is 30.1 Å². The fourth-order valence-electron chi connectivity index (χ4n) is 3.39. The first-order valence-corrected chi connectivity index (χ1v) is 8.13. The molecule has 1 fully saturated rings. The van der Waals surface area contributed by atoms with E-state index >= 15 is 0 Å². The van der Waals surface area contributed by atoms with Gasteiger partial charge in [0.05, 0.1) is 5.92 Å². The number of hydrogen-bond donors (Lipinski definition) is 1. The minimum absolute atomic E-state index is 0. The van der Waals surface area contributed by atoms with E-state index in [2.05, 4.69) is 24.4 Å². The van der Waals surface area contributed by atoms with Gasteiger partial charge in [-0.2, -0.15) is 0 Å². The van der Waals surface area contributed by atoms with Crippen LogP contribution >= 0.6 is 12.4 Å². The fraction of sp³-hybridized carbons (Fsp3) is 0.556. The number of carbonyl (C=O) groups excluding carboxylic acids is 2. The molecule has 1 heterocycles. The van der Waals surface area contributed by atoms with Gasteiger partial charge in [0.1, 0.15) is 0 Å². The number of likely N-dealkylation sites (N-methyl/N-ethyl adjacent to an activating group) is 2. The number of anilines is 1. The summed E-state index contributed by atoms with van der Waals surface area (Å²) in [5.74, 6) is -0.150. The summed E-state index contributed by atoms with van der Waals surface area (Å²) < 4.78 is 0. The lowest BCUT2D eigenvalue weighted by Gasteiger charge is -2.23. The van der Waals surface area contributed by atoms with Crippen molar-refractivity contribution in [2.75, 3.05) is 38.6 Å². The lowest BCUT2D eigenvalue weighted by Crippen LogP contribution is -2.38. The summed E-state index contributed by atoms with van der Waals surface area (Å²) in [4.78, 5) is 28.5. The molecule has 0 spiro atoms. The van der Waals surface area contributed by atoms with Gasteiger partial charge in [0.2, 0.25) is 11.8 Å². The normalized spacial score (nSPS) is 17.0. The summed E-state index contributed by atoms with van der Waals surface area (Å²) in [6.07, 6.45) is 0.301. The van der Waals surface area contributed by atoms with E-state index in [1.54, 1.807) is 16.8 Å². The maximum atomic E-state index is 12.5. The Labute approximate surface area is 150 Å². The molecule has 24 heavy (non-hydrogen) atoms. The minimum atomic E-state index is -0.246. The Morgan fingerprint density at radius 1 is 1.29 bits per heavy atom. The van der Waals surface area contributed by atoms with Gasteiger partial charge in [0.25, 0.3) is 0 Å². The largest absolute Gasteiger partial charge is 0.344 e. The third-order valence-electron chi connectivity index (χ3n) is 4.45. The fourth-order valence-corrected chi connectivity index (χ4v) is 3.39. The van der Waals surface area contributed by atoms with Crippen LogP contribution in [-0.4, -0.2) is 50.4 Å². The Balaban J connectivity index is 0.00000288. The van der Waals surface area contributed by atoms with Crippen LogP contribution in [0, 0.1) is 26.7 Å². The monoisotopic (exact) mass is 353 g/mol. The number of nitrogens with zero attached hydrogens (tertiary/aromatic N) is 2. The quantitative estimate of drug-likeness (QED) is 0.881. The standard InChI is InChI=1S/C18H27N3O2.ClH/c1-12-8-13(2)17(14(3)9-12)21-11-15(10-16(21)22)18(23)20(5)7-6-19-4;/h8-9,15,19H,6-7,10-11H2,1-5H3;1H. The number of halogens is 1. The Morgan fingerprint density at radius 2 is 1.88 bits per heavy atom. The van der Waals surface area contributed by atoms with Gasteiger partial charge in [-0.25, -0.2) is 0 Å². The maximum absolute atomic E-state index is 12.5. The van der Waals surface area contributed by atoms with Crippen molar-refractivity contribution in [2.24, 2.45) is 5.92 Å². The van der Waals surface area contributed by atoms with Crippen molar-refractivity contribution in [2.45, 2.75) is 27.2 Å². The molecule has 1 aliphatic heterocycles. The second-order valence-electron chi connectivity index (χ2n) is 6.52. The zero-order valence-electron chi connectivity index (χ0n) is 15.2. The average molecular weight is 354 g/mol. The van der Waals surface area contributed by atoms with Crippen molar-refractivity contribution in [3.8, 4) is 0 Å². The molecule has 0 aliphatic carbocycles. The number of amides is 2. The van der Waals surface area contributed by atoms with E-state index < -0.39 is 0 Å². The van der Waals surface area contributed by atoms with Crippen molar-refractivity contribution < 1.29 is 9.59 Å². The highest BCUT2D eigenvalue weighted by Gasteiger charge is 2.37. The molecule has 1 N–H and O–H groups in total. The van der Waals surface area contributed by atoms with E-state index in [4.69, 9.17) is 0 Å². The second kappa shape index (κ2) is 8.49. The number of benzene rings is 1. The van der Waals surface area contributed by atoms with Crippen LogP contribution in [0.15, 0.2) is 12.1 Å². The summed E-state index contributed by atoms with van der Waals surface area (Å²) in [5.41, 5.74) is 4.34. The Bertz CT molecular complexity index is 595. The summed E-state index contributed by atoms with van der Waals surface area (Å²) in [5, 5.41) is 3.04. The third-order valence-corrected chi connectivity index (χ3v) is 4.45. The minimum Gasteiger partial charge on any atom is -0.344 e. The zero-order valence-corrected chi connectivity index (χ0v) is 16.0. The van der Waals surface area contributed by atoms with Crippen molar-refractivity contribution in [3.05, 3.63) is 28.8 Å². The molecule has 1 aromatic carbocycles. The Kier molecular flexibility index (Phi) is 7.24. The van der Waals surface area contributed by atoms with Crippen LogP contribution in [0.5, 0.6) is 0 Å². The maximum Gasteiger partial charge on any atom is 0.227 e. The van der Waals surface area contributed by atoms with E-state index in [0.717, 1.165) is 23.4 Å². The summed E-state index contributed by atoms with van der Waals surface area (Å²) in [7, 11) is 3.66. The summed E-state index contributed by atoms with van der Waals surface area (Å²) >= 11 is 0. The predicted molar refractivity (Wildman–Crippen MR) is 99.9 cm³/mol. The third kappa shape index (κ3) is 4.28. The molecular formula is C18H28ClN3O2. The van der Waals surface area contributed by atoms with E-state index in [1.807, 2.05) is 20.9 Å². The molecule has 1 aliphatic rings. The highest BCUT2D eigenvalue weighted by atomic mass is 35.5. The smallest absolute Gasteiger partial charge is 0.227 e. The van der Waals surface area contributed by atoms with Gasteiger partial charge < -0.3 is 15.1 Å². The van der Waals surface area contributed by atoms with Gasteiger partial charge in [0, 0.05) is 38.8 Å². The molecule has 1 aromatic rings. The van der Waals surface area contributed by atoms with Crippen molar-refractivity contribution in [1.82, 2.24) is 10.2 Å². The van der Waals surface area contributed by atoms with E-state index in [9.17, 15) is 9.59 Å². The average Bonchev–Trinajstić information content (AvgIpc) is 2.85. The molecule has 1 atom stereocenters. The molecule has 134 valence electrons. The molecule has 6 heteroatoms. The topological polar surface area (TPSA) is 52.7 Å². The lowest BCUT2D eigenvalue weighted by atomic mass is 10.0. The molecule has 0 bridgehead atoms. The van der Waals surface area contributed by atoms with Crippen molar-refractivity contribution in [1.29, 1.82) is 0 Å².